The van der Waals surface area contributed by atoms with Crippen LogP contribution in [0, 0.1) is 0 Å². The SMILES string of the molecule is NCCO.[Ag]. The number of hydrogen-bond donors (Lipinski definition) is 2. The molecule has 0 heterocycles. The van der Waals surface area contributed by atoms with Crippen molar-refractivity contribution in [3.05, 3.63) is 0 Å². The molecule has 5 heavy (non-hydrogen) atoms. The number of aliphatic hydroxyl groups excluding tert-OH is 1. The van der Waals surface area contributed by atoms with E-state index in [4.69, 9.17) is 10.8 Å². The Morgan fingerprint density at radius 1 is 1.60 bits per heavy atom. The maximum Gasteiger partial charge on any atom is 0.0553 e. The van der Waals surface area contributed by atoms with Gasteiger partial charge in [0, 0.05) is 28.9 Å². The van der Waals surface area contributed by atoms with E-state index in [9.17, 15) is 0 Å². The second kappa shape index (κ2) is 8.82. The van der Waals surface area contributed by atoms with E-state index in [0.29, 0.717) is 6.54 Å². The van der Waals surface area contributed by atoms with Crippen molar-refractivity contribution in [3.63, 3.8) is 0 Å². The van der Waals surface area contributed by atoms with E-state index in [1.807, 2.05) is 0 Å². The van der Waals surface area contributed by atoms with Crippen LogP contribution in [-0.4, -0.2) is 18.3 Å². The predicted molar refractivity (Wildman–Crippen MR) is 16.1 cm³/mol. The van der Waals surface area contributed by atoms with Crippen LogP contribution >= 0.6 is 0 Å². The molecular weight excluding hydrogens is 162 g/mol. The average molecular weight is 169 g/mol. The van der Waals surface area contributed by atoms with Crippen LogP contribution in [0.5, 0.6) is 0 Å². The monoisotopic (exact) mass is 168 g/mol. The molecule has 0 aliphatic rings. The maximum absolute atomic E-state index is 7.75. The summed E-state index contributed by atoms with van der Waals surface area (Å²) in [7, 11) is 0. The van der Waals surface area contributed by atoms with Crippen LogP contribution in [0.2, 0.25) is 0 Å². The van der Waals surface area contributed by atoms with E-state index in [2.05, 4.69) is 0 Å². The third-order valence-electron chi connectivity index (χ3n) is 0.129. The Labute approximate surface area is 46.9 Å². The molecule has 3 N–H and O–H groups in total. The molecule has 0 amide bonds. The average Bonchev–Trinajstić information content (AvgIpc) is 1.37. The van der Waals surface area contributed by atoms with E-state index in [1.54, 1.807) is 0 Å². The zero-order valence-corrected chi connectivity index (χ0v) is 4.22. The minimum absolute atomic E-state index is 0. The zero-order chi connectivity index (χ0) is 3.41. The van der Waals surface area contributed by atoms with Gasteiger partial charge >= 0.3 is 0 Å². The van der Waals surface area contributed by atoms with E-state index < -0.39 is 0 Å². The number of rotatable bonds is 1. The fourth-order valence-electron chi connectivity index (χ4n) is 0. The van der Waals surface area contributed by atoms with Crippen LogP contribution in [-0.2, 0) is 22.4 Å². The Kier molecular flexibility index (Phi) is 16.2. The molecular formula is C2H7AgNO. The first-order valence-electron chi connectivity index (χ1n) is 1.22. The second-order valence-corrected chi connectivity index (χ2v) is 0.512. The first-order chi connectivity index (χ1) is 1.91. The summed E-state index contributed by atoms with van der Waals surface area (Å²) in [4.78, 5) is 0. The normalized spacial score (nSPS) is 6.00. The van der Waals surface area contributed by atoms with Crippen molar-refractivity contribution in [1.82, 2.24) is 0 Å². The van der Waals surface area contributed by atoms with Gasteiger partial charge in [0.15, 0.2) is 0 Å². The molecule has 0 aromatic rings. The van der Waals surface area contributed by atoms with Gasteiger partial charge < -0.3 is 10.8 Å². The van der Waals surface area contributed by atoms with Gasteiger partial charge in [-0.05, 0) is 0 Å². The molecule has 0 aromatic carbocycles. The van der Waals surface area contributed by atoms with E-state index in [-0.39, 0.29) is 29.0 Å². The van der Waals surface area contributed by atoms with Gasteiger partial charge in [0.2, 0.25) is 0 Å². The molecule has 0 spiro atoms. The molecule has 0 unspecified atom stereocenters. The van der Waals surface area contributed by atoms with Gasteiger partial charge in [0.25, 0.3) is 0 Å². The molecule has 0 aliphatic carbocycles. The van der Waals surface area contributed by atoms with Crippen molar-refractivity contribution in [2.75, 3.05) is 13.2 Å². The molecule has 0 saturated heterocycles. The van der Waals surface area contributed by atoms with Crippen molar-refractivity contribution in [2.45, 2.75) is 0 Å². The number of nitrogens with two attached hydrogens (primary N) is 1. The molecule has 0 aliphatic heterocycles. The second-order valence-electron chi connectivity index (χ2n) is 0.512. The molecule has 1 radical (unpaired) electrons. The third kappa shape index (κ3) is 12.0. The summed E-state index contributed by atoms with van der Waals surface area (Å²) in [6.45, 7) is 0.472. The molecule has 3 heteroatoms. The smallest absolute Gasteiger partial charge is 0.0553 e. The van der Waals surface area contributed by atoms with E-state index >= 15 is 0 Å². The first-order valence-corrected chi connectivity index (χ1v) is 1.22. The van der Waals surface area contributed by atoms with Gasteiger partial charge in [-0.3, -0.25) is 0 Å². The molecule has 2 nitrogen and oxygen atoms in total. The molecule has 0 saturated carbocycles. The summed E-state index contributed by atoms with van der Waals surface area (Å²) in [6.07, 6.45) is 0. The Balaban J connectivity index is 0. The van der Waals surface area contributed by atoms with Gasteiger partial charge in [-0.1, -0.05) is 0 Å². The largest absolute Gasteiger partial charge is 0.395 e. The van der Waals surface area contributed by atoms with E-state index in [1.165, 1.54) is 0 Å². The van der Waals surface area contributed by atoms with Crippen molar-refractivity contribution in [1.29, 1.82) is 0 Å². The van der Waals surface area contributed by atoms with Crippen molar-refractivity contribution in [3.8, 4) is 0 Å². The molecule has 37 valence electrons. The quantitative estimate of drug-likeness (QED) is 0.491. The molecule has 0 fully saturated rings. The summed E-state index contributed by atoms with van der Waals surface area (Å²) in [5.74, 6) is 0. The Bertz CT molecular complexity index is 11.6. The van der Waals surface area contributed by atoms with E-state index in [0.717, 1.165) is 0 Å². The van der Waals surface area contributed by atoms with Crippen LogP contribution in [0.4, 0.5) is 0 Å². The van der Waals surface area contributed by atoms with Crippen LogP contribution < -0.4 is 5.73 Å². The zero-order valence-electron chi connectivity index (χ0n) is 2.74. The van der Waals surface area contributed by atoms with Crippen molar-refractivity contribution in [2.24, 2.45) is 5.73 Å². The summed E-state index contributed by atoms with van der Waals surface area (Å²) in [5.41, 5.74) is 4.78. The topological polar surface area (TPSA) is 46.2 Å². The first kappa shape index (κ1) is 9.18. The molecule has 0 bridgehead atoms. The fourth-order valence-corrected chi connectivity index (χ4v) is 0. The number of hydrogen-bond acceptors (Lipinski definition) is 2. The third-order valence-corrected chi connectivity index (χ3v) is 0.129. The summed E-state index contributed by atoms with van der Waals surface area (Å²) < 4.78 is 0. The van der Waals surface area contributed by atoms with Gasteiger partial charge in [0.1, 0.15) is 0 Å². The minimum Gasteiger partial charge on any atom is -0.395 e. The molecule has 0 atom stereocenters. The Morgan fingerprint density at radius 2 is 1.80 bits per heavy atom. The minimum atomic E-state index is 0. The van der Waals surface area contributed by atoms with Crippen LogP contribution in [0.3, 0.4) is 0 Å². The van der Waals surface area contributed by atoms with Crippen LogP contribution in [0.1, 0.15) is 0 Å². The standard InChI is InChI=1S/C2H7NO.Ag/c3-1-2-4;/h4H,1-3H2;. The van der Waals surface area contributed by atoms with Gasteiger partial charge in [-0.25, -0.2) is 0 Å². The molecule has 0 aromatic heterocycles. The van der Waals surface area contributed by atoms with Gasteiger partial charge in [-0.15, -0.1) is 0 Å². The Morgan fingerprint density at radius 3 is 1.80 bits per heavy atom. The number of aliphatic hydroxyl groups is 1. The summed E-state index contributed by atoms with van der Waals surface area (Å²) >= 11 is 0. The van der Waals surface area contributed by atoms with Crippen LogP contribution in [0.25, 0.3) is 0 Å². The summed E-state index contributed by atoms with van der Waals surface area (Å²) in [5, 5.41) is 7.75. The fraction of sp³-hybridized carbons (Fsp3) is 1.00. The van der Waals surface area contributed by atoms with Crippen molar-refractivity contribution >= 4 is 0 Å². The molecule has 0 rings (SSSR count). The predicted octanol–water partition coefficient (Wildman–Crippen LogP) is -1.07. The van der Waals surface area contributed by atoms with Crippen LogP contribution in [0.15, 0.2) is 0 Å². The van der Waals surface area contributed by atoms with Gasteiger partial charge in [0.05, 0.1) is 6.61 Å². The van der Waals surface area contributed by atoms with Gasteiger partial charge in [-0.2, -0.15) is 0 Å². The maximum atomic E-state index is 7.75. The van der Waals surface area contributed by atoms with Crippen molar-refractivity contribution < 1.29 is 27.5 Å². The Hall–Kier alpha value is 0.660. The summed E-state index contributed by atoms with van der Waals surface area (Å²) in [6, 6.07) is 0.